The van der Waals surface area contributed by atoms with E-state index >= 15 is 0 Å². The van der Waals surface area contributed by atoms with Gasteiger partial charge in [0, 0.05) is 15.1 Å². The van der Waals surface area contributed by atoms with Crippen molar-refractivity contribution < 1.29 is 19.8 Å². The largest absolute Gasteiger partial charge is 0.506 e. The van der Waals surface area contributed by atoms with Crippen LogP contribution in [0.3, 0.4) is 0 Å². The molecule has 0 bridgehead atoms. The number of carbonyl (C=O) groups excluding carboxylic acids is 1. The fourth-order valence-corrected chi connectivity index (χ4v) is 2.93. The summed E-state index contributed by atoms with van der Waals surface area (Å²) in [4.78, 5) is 27.0. The van der Waals surface area contributed by atoms with Gasteiger partial charge in [0.05, 0.1) is 23.0 Å². The van der Waals surface area contributed by atoms with Gasteiger partial charge in [-0.15, -0.1) is 0 Å². The zero-order valence-corrected chi connectivity index (χ0v) is 13.5. The topological polar surface area (TPSA) is 99.5 Å². The first-order chi connectivity index (χ1) is 9.88. The molecule has 108 valence electrons. The first-order valence-electron chi connectivity index (χ1n) is 5.56. The number of hydrogen-bond acceptors (Lipinski definition) is 4. The zero-order chi connectivity index (χ0) is 15.6. The molecular weight excluding hydrogens is 408 g/mol. The highest BCUT2D eigenvalue weighted by Gasteiger charge is 2.18. The summed E-state index contributed by atoms with van der Waals surface area (Å²) in [6.07, 6.45) is 2.46. The van der Waals surface area contributed by atoms with E-state index in [0.717, 1.165) is 0 Å². The Bertz CT molecular complexity index is 734. The summed E-state index contributed by atoms with van der Waals surface area (Å²) in [5, 5.41) is 21.0. The van der Waals surface area contributed by atoms with Crippen LogP contribution in [0.25, 0.3) is 0 Å². The molecular formula is C13H8Br2N2O4. The Morgan fingerprint density at radius 2 is 1.86 bits per heavy atom. The Balaban J connectivity index is 2.39. The van der Waals surface area contributed by atoms with Gasteiger partial charge in [-0.25, -0.2) is 4.79 Å². The minimum absolute atomic E-state index is 0.0716. The van der Waals surface area contributed by atoms with Crippen molar-refractivity contribution in [1.82, 2.24) is 4.98 Å². The molecule has 0 fully saturated rings. The Labute approximate surface area is 136 Å². The van der Waals surface area contributed by atoms with Gasteiger partial charge in [-0.3, -0.25) is 9.78 Å². The van der Waals surface area contributed by atoms with Crippen LogP contribution in [0.1, 0.15) is 20.7 Å². The number of carbonyl (C=O) groups is 2. The number of carboxylic acid groups (broad SMARTS) is 1. The number of aromatic nitrogens is 1. The normalized spacial score (nSPS) is 10.2. The second-order valence-corrected chi connectivity index (χ2v) is 5.77. The standard InChI is InChI=1S/C13H8Br2N2O4/c14-7-2-9(13(20)21)11(10(15)3-7)17-12(19)6-1-8(18)5-16-4-6/h1-5,18H,(H,17,19)(H,20,21). The van der Waals surface area contributed by atoms with Gasteiger partial charge in [0.15, 0.2) is 0 Å². The fraction of sp³-hybridized carbons (Fsp3) is 0. The van der Waals surface area contributed by atoms with E-state index in [1.165, 1.54) is 24.5 Å². The summed E-state index contributed by atoms with van der Waals surface area (Å²) in [6.45, 7) is 0. The number of nitrogens with one attached hydrogen (secondary N) is 1. The Morgan fingerprint density at radius 3 is 2.48 bits per heavy atom. The van der Waals surface area contributed by atoms with E-state index in [1.807, 2.05) is 0 Å². The lowest BCUT2D eigenvalue weighted by atomic mass is 10.1. The van der Waals surface area contributed by atoms with E-state index in [9.17, 15) is 19.8 Å². The summed E-state index contributed by atoms with van der Waals surface area (Å²) < 4.78 is 0.972. The monoisotopic (exact) mass is 414 g/mol. The predicted octanol–water partition coefficient (Wildman–Crippen LogP) is 3.26. The molecule has 0 spiro atoms. The Hall–Kier alpha value is -1.93. The molecule has 8 heteroatoms. The van der Waals surface area contributed by atoms with E-state index in [-0.39, 0.29) is 22.6 Å². The number of benzene rings is 1. The number of aromatic carboxylic acids is 1. The third kappa shape index (κ3) is 3.59. The van der Waals surface area contributed by atoms with Gasteiger partial charge in [-0.2, -0.15) is 0 Å². The molecule has 1 aromatic heterocycles. The van der Waals surface area contributed by atoms with Crippen molar-refractivity contribution >= 4 is 49.4 Å². The van der Waals surface area contributed by atoms with Crippen LogP contribution < -0.4 is 5.32 Å². The van der Waals surface area contributed by atoms with Gasteiger partial charge >= 0.3 is 5.97 Å². The van der Waals surface area contributed by atoms with Crippen LogP contribution in [0.2, 0.25) is 0 Å². The molecule has 0 radical (unpaired) electrons. The molecule has 0 unspecified atom stereocenters. The van der Waals surface area contributed by atoms with Gasteiger partial charge in [0.2, 0.25) is 0 Å². The second-order valence-electron chi connectivity index (χ2n) is 4.00. The Morgan fingerprint density at radius 1 is 1.14 bits per heavy atom. The van der Waals surface area contributed by atoms with Crippen molar-refractivity contribution in [2.24, 2.45) is 0 Å². The van der Waals surface area contributed by atoms with E-state index in [1.54, 1.807) is 6.07 Å². The highest BCUT2D eigenvalue weighted by Crippen LogP contribution is 2.31. The molecule has 2 rings (SSSR count). The number of amides is 1. The van der Waals surface area contributed by atoms with Crippen LogP contribution in [0.15, 0.2) is 39.5 Å². The predicted molar refractivity (Wildman–Crippen MR) is 82.7 cm³/mol. The molecule has 0 saturated heterocycles. The minimum atomic E-state index is -1.18. The van der Waals surface area contributed by atoms with Gasteiger partial charge in [0.1, 0.15) is 5.75 Å². The lowest BCUT2D eigenvalue weighted by Gasteiger charge is -2.11. The second kappa shape index (κ2) is 6.23. The zero-order valence-electron chi connectivity index (χ0n) is 10.3. The van der Waals surface area contributed by atoms with E-state index < -0.39 is 11.9 Å². The summed E-state index contributed by atoms with van der Waals surface area (Å²) in [5.74, 6) is -1.92. The van der Waals surface area contributed by atoms with E-state index in [4.69, 9.17) is 0 Å². The molecule has 1 aromatic carbocycles. The van der Waals surface area contributed by atoms with Crippen molar-refractivity contribution in [3.05, 3.63) is 50.7 Å². The summed E-state index contributed by atoms with van der Waals surface area (Å²) in [6, 6.07) is 4.22. The summed E-state index contributed by atoms with van der Waals surface area (Å²) in [5.41, 5.74) is 0.165. The number of pyridine rings is 1. The molecule has 0 saturated carbocycles. The highest BCUT2D eigenvalue weighted by molar-refractivity contribution is 9.11. The average Bonchev–Trinajstić information content (AvgIpc) is 2.41. The van der Waals surface area contributed by atoms with Crippen LogP contribution in [-0.4, -0.2) is 27.1 Å². The minimum Gasteiger partial charge on any atom is -0.506 e. The number of halogens is 2. The number of anilines is 1. The molecule has 1 heterocycles. The van der Waals surface area contributed by atoms with Crippen LogP contribution in [0, 0.1) is 0 Å². The molecule has 1 amide bonds. The highest BCUT2D eigenvalue weighted by atomic mass is 79.9. The number of aromatic hydroxyl groups is 1. The maximum atomic E-state index is 12.1. The summed E-state index contributed by atoms with van der Waals surface area (Å²) in [7, 11) is 0. The summed E-state index contributed by atoms with van der Waals surface area (Å²) >= 11 is 6.40. The SMILES string of the molecule is O=C(Nc1c(Br)cc(Br)cc1C(=O)O)c1cncc(O)c1. The molecule has 3 N–H and O–H groups in total. The maximum absolute atomic E-state index is 12.1. The van der Waals surface area contributed by atoms with E-state index in [0.29, 0.717) is 8.95 Å². The van der Waals surface area contributed by atoms with Crippen LogP contribution >= 0.6 is 31.9 Å². The van der Waals surface area contributed by atoms with Gasteiger partial charge < -0.3 is 15.5 Å². The first-order valence-corrected chi connectivity index (χ1v) is 7.15. The van der Waals surface area contributed by atoms with Crippen molar-refractivity contribution in [3.63, 3.8) is 0 Å². The molecule has 0 aliphatic heterocycles. The average molecular weight is 416 g/mol. The van der Waals surface area contributed by atoms with E-state index in [2.05, 4.69) is 42.2 Å². The molecule has 21 heavy (non-hydrogen) atoms. The van der Waals surface area contributed by atoms with Crippen LogP contribution in [0.5, 0.6) is 5.75 Å². The number of nitrogens with zero attached hydrogens (tertiary/aromatic N) is 1. The van der Waals surface area contributed by atoms with Gasteiger partial charge in [-0.1, -0.05) is 15.9 Å². The molecule has 0 aliphatic rings. The smallest absolute Gasteiger partial charge is 0.337 e. The maximum Gasteiger partial charge on any atom is 0.337 e. The van der Waals surface area contributed by atoms with Crippen LogP contribution in [-0.2, 0) is 0 Å². The number of hydrogen-bond donors (Lipinski definition) is 3. The number of carboxylic acids is 1. The molecule has 2 aromatic rings. The fourth-order valence-electron chi connectivity index (χ4n) is 1.61. The first kappa shape index (κ1) is 15.5. The third-order valence-electron chi connectivity index (χ3n) is 2.51. The third-order valence-corrected chi connectivity index (χ3v) is 3.59. The molecule has 0 atom stereocenters. The lowest BCUT2D eigenvalue weighted by Crippen LogP contribution is -2.15. The molecule has 6 nitrogen and oxygen atoms in total. The van der Waals surface area contributed by atoms with Gasteiger partial charge in [0.25, 0.3) is 5.91 Å². The lowest BCUT2D eigenvalue weighted by molar-refractivity contribution is 0.0698. The quantitative estimate of drug-likeness (QED) is 0.714. The van der Waals surface area contributed by atoms with Crippen molar-refractivity contribution in [2.75, 3.05) is 5.32 Å². The van der Waals surface area contributed by atoms with Crippen molar-refractivity contribution in [2.45, 2.75) is 0 Å². The molecule has 0 aliphatic carbocycles. The number of rotatable bonds is 3. The van der Waals surface area contributed by atoms with Crippen molar-refractivity contribution in [3.8, 4) is 5.75 Å². The van der Waals surface area contributed by atoms with Crippen molar-refractivity contribution in [1.29, 1.82) is 0 Å². The Kier molecular flexibility index (Phi) is 4.59. The van der Waals surface area contributed by atoms with Crippen LogP contribution in [0.4, 0.5) is 5.69 Å². The van der Waals surface area contributed by atoms with Gasteiger partial charge in [-0.05, 0) is 34.1 Å².